The molecule has 0 saturated heterocycles. The van der Waals surface area contributed by atoms with E-state index in [0.29, 0.717) is 11.8 Å². The first-order chi connectivity index (χ1) is 24.1. The summed E-state index contributed by atoms with van der Waals surface area (Å²) in [5, 5.41) is 1.50. The molecule has 1 fully saturated rings. The molecule has 51 heavy (non-hydrogen) atoms. The van der Waals surface area contributed by atoms with Crippen LogP contribution in [0.2, 0.25) is 32.7 Å². The second-order valence-corrected chi connectivity index (χ2v) is 65.5. The Labute approximate surface area is 318 Å². The van der Waals surface area contributed by atoms with E-state index >= 15 is 0 Å². The van der Waals surface area contributed by atoms with Crippen LogP contribution in [0.25, 0.3) is 34.4 Å². The van der Waals surface area contributed by atoms with Gasteiger partial charge in [-0.2, -0.15) is 0 Å². The SMILES string of the molecule is CC1=Cc2c(-c3ccc([Si](C)(C)C)cc3)cccc2[CH]1[Zr]([Cl])([Cl])([CH]1C(C2CCC(C)CC2)=Cc2c(-c3ccc(C(C)C)cc3)cccc21)[SiH](C)C. The summed E-state index contributed by atoms with van der Waals surface area (Å²) in [6.07, 6.45) is 10.1. The van der Waals surface area contributed by atoms with Gasteiger partial charge in [0.2, 0.25) is 0 Å². The van der Waals surface area contributed by atoms with Gasteiger partial charge in [0, 0.05) is 0 Å². The van der Waals surface area contributed by atoms with Crippen LogP contribution in [0.3, 0.4) is 0 Å². The molecule has 1 saturated carbocycles. The number of hydrogen-bond acceptors (Lipinski definition) is 0. The zero-order valence-electron chi connectivity index (χ0n) is 32.3. The zero-order valence-corrected chi connectivity index (χ0v) is 38.4. The Balaban J connectivity index is 1.40. The molecule has 2 unspecified atom stereocenters. The average molecular weight is 828 g/mol. The second-order valence-electron chi connectivity index (χ2n) is 18.0. The van der Waals surface area contributed by atoms with Crippen molar-refractivity contribution >= 4 is 48.4 Å². The topological polar surface area (TPSA) is 0 Å². The molecule has 267 valence electrons. The molecule has 0 N–H and O–H groups in total. The molecule has 3 aliphatic carbocycles. The van der Waals surface area contributed by atoms with Crippen molar-refractivity contribution in [2.45, 2.75) is 99.3 Å². The van der Waals surface area contributed by atoms with E-state index in [9.17, 15) is 0 Å². The molecule has 0 radical (unpaired) electrons. The normalized spacial score (nSPS) is 22.7. The number of allylic oxidation sites excluding steroid dienone is 2. The molecule has 0 heterocycles. The maximum atomic E-state index is 8.82. The molecule has 0 aliphatic heterocycles. The fourth-order valence-corrected chi connectivity index (χ4v) is 42.9. The van der Waals surface area contributed by atoms with Crippen LogP contribution >= 0.6 is 17.0 Å². The van der Waals surface area contributed by atoms with Crippen LogP contribution in [0, 0.1) is 11.8 Å². The van der Waals surface area contributed by atoms with Crippen LogP contribution in [0.15, 0.2) is 96.1 Å². The molecule has 3 aliphatic rings. The van der Waals surface area contributed by atoms with Gasteiger partial charge in [-0.25, -0.2) is 0 Å². The fourth-order valence-electron chi connectivity index (χ4n) is 9.81. The quantitative estimate of drug-likeness (QED) is 0.155. The van der Waals surface area contributed by atoms with E-state index in [4.69, 9.17) is 17.0 Å². The molecule has 7 rings (SSSR count). The summed E-state index contributed by atoms with van der Waals surface area (Å²) in [7, 11) is 16.2. The average Bonchev–Trinajstić information content (AvgIpc) is 3.67. The number of halogens is 2. The minimum atomic E-state index is -4.87. The van der Waals surface area contributed by atoms with Gasteiger partial charge >= 0.3 is 321 Å². The van der Waals surface area contributed by atoms with E-state index in [0.717, 1.165) is 5.92 Å². The first kappa shape index (κ1) is 37.6. The van der Waals surface area contributed by atoms with Crippen molar-refractivity contribution in [3.8, 4) is 22.3 Å². The van der Waals surface area contributed by atoms with Gasteiger partial charge in [-0.1, -0.05) is 0 Å². The number of hydrogen-bond donors (Lipinski definition) is 0. The predicted octanol–water partition coefficient (Wildman–Crippen LogP) is 14.1. The van der Waals surface area contributed by atoms with Crippen molar-refractivity contribution in [1.29, 1.82) is 0 Å². The van der Waals surface area contributed by atoms with Crippen molar-refractivity contribution in [3.05, 3.63) is 124 Å². The zero-order chi connectivity index (χ0) is 36.5. The Bertz CT molecular complexity index is 2010. The van der Waals surface area contributed by atoms with E-state index < -0.39 is 29.6 Å². The summed E-state index contributed by atoms with van der Waals surface area (Å²) in [5.41, 5.74) is 15.0. The molecule has 0 spiro atoms. The fraction of sp³-hybridized carbons (Fsp3) is 0.391. The van der Waals surface area contributed by atoms with Gasteiger partial charge in [-0.05, 0) is 0 Å². The van der Waals surface area contributed by atoms with Crippen LogP contribution < -0.4 is 5.19 Å². The van der Waals surface area contributed by atoms with Crippen LogP contribution in [-0.2, 0) is 15.6 Å². The molecule has 4 aromatic carbocycles. The third kappa shape index (κ3) is 6.48. The Morgan fingerprint density at radius 3 is 1.71 bits per heavy atom. The Morgan fingerprint density at radius 2 is 1.20 bits per heavy atom. The van der Waals surface area contributed by atoms with Gasteiger partial charge in [0.05, 0.1) is 0 Å². The van der Waals surface area contributed by atoms with Crippen molar-refractivity contribution < 1.29 is 15.6 Å². The van der Waals surface area contributed by atoms with Crippen molar-refractivity contribution in [2.75, 3.05) is 0 Å². The number of benzene rings is 4. The summed E-state index contributed by atoms with van der Waals surface area (Å²) in [4.78, 5) is 0. The van der Waals surface area contributed by atoms with Crippen LogP contribution in [0.5, 0.6) is 0 Å². The molecular formula is C46H57Cl2Si2Zr. The summed E-state index contributed by atoms with van der Waals surface area (Å²) in [6.45, 7) is 21.6. The standard InChI is InChI=1S/C25H29.C19H21Si.C2H7Si.2ClH.Zr/c1-17(2)19-11-13-21(14-12-19)24-6-4-5-22-15-23(16-25(22)24)20-9-7-18(3)8-10-20;1-14-12-16-6-5-7-18(19(16)13-14)15-8-10-17(11-9-15)20(2,3)4;1-3-2;;;/h4-6,11-18,20H,7-10H2,1-3H3;5-13H,1-4H3;3H,1-2H3;2*1H;/q;;;;;+2/p-2. The van der Waals surface area contributed by atoms with Gasteiger partial charge in [0.15, 0.2) is 0 Å². The van der Waals surface area contributed by atoms with E-state index in [-0.39, 0.29) is 7.25 Å². The van der Waals surface area contributed by atoms with Crippen LogP contribution in [-0.4, -0.2) is 14.0 Å². The monoisotopic (exact) mass is 825 g/mol. The van der Waals surface area contributed by atoms with Crippen molar-refractivity contribution in [1.82, 2.24) is 0 Å². The van der Waals surface area contributed by atoms with E-state index in [1.807, 2.05) is 0 Å². The molecule has 5 heteroatoms. The molecule has 0 aromatic heterocycles. The Morgan fingerprint density at radius 1 is 0.686 bits per heavy atom. The molecule has 0 bridgehead atoms. The maximum absolute atomic E-state index is 8.82. The molecule has 4 aromatic rings. The van der Waals surface area contributed by atoms with Gasteiger partial charge in [0.25, 0.3) is 0 Å². The number of fused-ring (bicyclic) bond motifs is 2. The van der Waals surface area contributed by atoms with Gasteiger partial charge in [0.1, 0.15) is 0 Å². The van der Waals surface area contributed by atoms with Gasteiger partial charge in [-0.3, -0.25) is 0 Å². The Hall–Kier alpha value is -1.74. The first-order valence-electron chi connectivity index (χ1n) is 19.5. The Kier molecular flexibility index (Phi) is 10.2. The van der Waals surface area contributed by atoms with E-state index in [2.05, 4.69) is 158 Å². The first-order valence-corrected chi connectivity index (χ1v) is 39.3. The number of rotatable bonds is 8. The summed E-state index contributed by atoms with van der Waals surface area (Å²) in [5.74, 6) is 0.196. The van der Waals surface area contributed by atoms with Crippen LogP contribution in [0.1, 0.15) is 94.4 Å². The third-order valence-electron chi connectivity index (χ3n) is 13.0. The van der Waals surface area contributed by atoms with E-state index in [1.54, 1.807) is 5.57 Å². The molecule has 0 amide bonds. The summed E-state index contributed by atoms with van der Waals surface area (Å²) < 4.78 is 0.234. The molecular weight excluding hydrogens is 771 g/mol. The third-order valence-corrected chi connectivity index (χ3v) is 67.0. The molecule has 2 atom stereocenters. The van der Waals surface area contributed by atoms with Crippen molar-refractivity contribution in [3.63, 3.8) is 0 Å². The minimum absolute atomic E-state index is 0.105. The van der Waals surface area contributed by atoms with Crippen molar-refractivity contribution in [2.24, 2.45) is 11.8 Å². The molecule has 0 nitrogen and oxygen atoms in total. The van der Waals surface area contributed by atoms with E-state index in [1.165, 1.54) is 86.5 Å². The van der Waals surface area contributed by atoms with Gasteiger partial charge in [-0.15, -0.1) is 0 Å². The summed E-state index contributed by atoms with van der Waals surface area (Å²) >= 11 is -4.87. The second kappa shape index (κ2) is 13.8. The summed E-state index contributed by atoms with van der Waals surface area (Å²) in [6, 6.07) is 32.7. The van der Waals surface area contributed by atoms with Gasteiger partial charge < -0.3 is 0 Å². The van der Waals surface area contributed by atoms with Crippen LogP contribution in [0.4, 0.5) is 0 Å². The predicted molar refractivity (Wildman–Crippen MR) is 230 cm³/mol.